The summed E-state index contributed by atoms with van der Waals surface area (Å²) in [6.45, 7) is 0.993. The molecule has 0 unspecified atom stereocenters. The molecule has 8 heteroatoms. The van der Waals surface area contributed by atoms with Gasteiger partial charge in [0.2, 0.25) is 10.0 Å². The molecule has 0 radical (unpaired) electrons. The summed E-state index contributed by atoms with van der Waals surface area (Å²) in [7, 11) is -3.69. The normalized spacial score (nSPS) is 15.1. The van der Waals surface area contributed by atoms with Gasteiger partial charge in [0.15, 0.2) is 0 Å². The summed E-state index contributed by atoms with van der Waals surface area (Å²) in [5.41, 5.74) is 0.764. The minimum atomic E-state index is -3.69. The Balaban J connectivity index is 1.58. The van der Waals surface area contributed by atoms with Crippen molar-refractivity contribution in [1.82, 2.24) is 4.31 Å². The van der Waals surface area contributed by atoms with Crippen LogP contribution in [0.4, 0.5) is 5.69 Å². The summed E-state index contributed by atoms with van der Waals surface area (Å²) < 4.78 is 27.9. The van der Waals surface area contributed by atoms with Gasteiger partial charge in [0.1, 0.15) is 0 Å². The third kappa shape index (κ3) is 5.79. The smallest absolute Gasteiger partial charge is 0.257 e. The standard InChI is InChI=1S/C25H25ClN2O3S2/c26-22-15-14-20(33(30,31)28-16-8-1-2-9-17-28)18-21(22)25(29)27-23-12-6-7-13-24(23)32-19-10-4-3-5-11-19/h3-7,10-15,18H,1-2,8-9,16-17H2,(H,27,29). The minimum Gasteiger partial charge on any atom is -0.321 e. The molecule has 0 bridgehead atoms. The summed E-state index contributed by atoms with van der Waals surface area (Å²) >= 11 is 7.85. The number of anilines is 1. The van der Waals surface area contributed by atoms with Crippen LogP contribution in [0.15, 0.2) is 87.5 Å². The number of carbonyl (C=O) groups is 1. The predicted octanol–water partition coefficient (Wildman–Crippen LogP) is 6.31. The van der Waals surface area contributed by atoms with Crippen molar-refractivity contribution in [3.8, 4) is 0 Å². The van der Waals surface area contributed by atoms with Crippen LogP contribution in [0.1, 0.15) is 36.0 Å². The molecule has 0 spiro atoms. The van der Waals surface area contributed by atoms with Gasteiger partial charge < -0.3 is 5.32 Å². The first-order valence-electron chi connectivity index (χ1n) is 10.9. The van der Waals surface area contributed by atoms with Crippen LogP contribution in [0.2, 0.25) is 5.02 Å². The van der Waals surface area contributed by atoms with Crippen molar-refractivity contribution in [3.05, 3.63) is 83.4 Å². The average Bonchev–Trinajstić information content (AvgIpc) is 3.11. The van der Waals surface area contributed by atoms with E-state index in [1.54, 1.807) is 0 Å². The monoisotopic (exact) mass is 500 g/mol. The number of carbonyl (C=O) groups excluding carboxylic acids is 1. The highest BCUT2D eigenvalue weighted by Crippen LogP contribution is 2.34. The summed E-state index contributed by atoms with van der Waals surface area (Å²) in [6, 6.07) is 21.7. The molecule has 0 saturated carbocycles. The summed E-state index contributed by atoms with van der Waals surface area (Å²) in [5, 5.41) is 3.11. The van der Waals surface area contributed by atoms with Gasteiger partial charge in [-0.2, -0.15) is 4.31 Å². The van der Waals surface area contributed by atoms with Crippen LogP contribution < -0.4 is 5.32 Å². The Morgan fingerprint density at radius 1 is 0.879 bits per heavy atom. The molecule has 1 aliphatic rings. The number of sulfonamides is 1. The topological polar surface area (TPSA) is 66.5 Å². The van der Waals surface area contributed by atoms with Crippen molar-refractivity contribution in [2.45, 2.75) is 40.4 Å². The van der Waals surface area contributed by atoms with Gasteiger partial charge in [0, 0.05) is 22.9 Å². The van der Waals surface area contributed by atoms with Gasteiger partial charge in [-0.25, -0.2) is 8.42 Å². The number of hydrogen-bond donors (Lipinski definition) is 1. The van der Waals surface area contributed by atoms with Crippen molar-refractivity contribution in [2.75, 3.05) is 18.4 Å². The molecule has 0 aliphatic carbocycles. The Morgan fingerprint density at radius 2 is 1.55 bits per heavy atom. The van der Waals surface area contributed by atoms with E-state index in [1.165, 1.54) is 34.3 Å². The van der Waals surface area contributed by atoms with E-state index in [0.717, 1.165) is 35.5 Å². The Labute approximate surface area is 204 Å². The number of halogens is 1. The summed E-state index contributed by atoms with van der Waals surface area (Å²) in [6.07, 6.45) is 3.74. The third-order valence-electron chi connectivity index (χ3n) is 5.49. The maximum Gasteiger partial charge on any atom is 0.257 e. The molecule has 0 aromatic heterocycles. The SMILES string of the molecule is O=C(Nc1ccccc1Sc1ccccc1)c1cc(S(=O)(=O)N2CCCCCC2)ccc1Cl. The zero-order valence-electron chi connectivity index (χ0n) is 18.0. The predicted molar refractivity (Wildman–Crippen MR) is 134 cm³/mol. The lowest BCUT2D eigenvalue weighted by Crippen LogP contribution is -2.32. The number of para-hydroxylation sites is 1. The molecule has 0 atom stereocenters. The zero-order chi connectivity index (χ0) is 23.3. The van der Waals surface area contributed by atoms with Crippen molar-refractivity contribution in [2.24, 2.45) is 0 Å². The Kier molecular flexibility index (Phi) is 7.75. The Hall–Kier alpha value is -2.32. The summed E-state index contributed by atoms with van der Waals surface area (Å²) in [4.78, 5) is 15.1. The molecule has 1 saturated heterocycles. The van der Waals surface area contributed by atoms with Crippen LogP contribution in [0.25, 0.3) is 0 Å². The molecule has 3 aromatic carbocycles. The van der Waals surface area contributed by atoms with Gasteiger partial charge in [0.25, 0.3) is 5.91 Å². The van der Waals surface area contributed by atoms with E-state index >= 15 is 0 Å². The van der Waals surface area contributed by atoms with E-state index < -0.39 is 15.9 Å². The highest BCUT2D eigenvalue weighted by Gasteiger charge is 2.26. The molecule has 4 rings (SSSR count). The zero-order valence-corrected chi connectivity index (χ0v) is 20.4. The van der Waals surface area contributed by atoms with Gasteiger partial charge in [0.05, 0.1) is 21.2 Å². The van der Waals surface area contributed by atoms with Gasteiger partial charge in [-0.15, -0.1) is 0 Å². The number of benzene rings is 3. The number of nitrogens with zero attached hydrogens (tertiary/aromatic N) is 1. The molecule has 33 heavy (non-hydrogen) atoms. The van der Waals surface area contributed by atoms with Gasteiger partial charge >= 0.3 is 0 Å². The second-order valence-electron chi connectivity index (χ2n) is 7.83. The first-order valence-corrected chi connectivity index (χ1v) is 13.5. The Morgan fingerprint density at radius 3 is 2.27 bits per heavy atom. The number of hydrogen-bond acceptors (Lipinski definition) is 4. The van der Waals surface area contributed by atoms with Crippen LogP contribution in [-0.4, -0.2) is 31.7 Å². The fourth-order valence-corrected chi connectivity index (χ4v) is 6.40. The van der Waals surface area contributed by atoms with Crippen molar-refractivity contribution >= 4 is 45.0 Å². The molecule has 1 fully saturated rings. The average molecular weight is 501 g/mol. The van der Waals surface area contributed by atoms with E-state index in [2.05, 4.69) is 5.32 Å². The fraction of sp³-hybridized carbons (Fsp3) is 0.240. The van der Waals surface area contributed by atoms with E-state index in [9.17, 15) is 13.2 Å². The van der Waals surface area contributed by atoms with Crippen LogP contribution in [-0.2, 0) is 10.0 Å². The highest BCUT2D eigenvalue weighted by atomic mass is 35.5. The van der Waals surface area contributed by atoms with Crippen LogP contribution in [0.3, 0.4) is 0 Å². The Bertz CT molecular complexity index is 1230. The van der Waals surface area contributed by atoms with Crippen molar-refractivity contribution in [3.63, 3.8) is 0 Å². The van der Waals surface area contributed by atoms with E-state index in [0.29, 0.717) is 18.8 Å². The maximum absolute atomic E-state index is 13.2. The quantitative estimate of drug-likeness (QED) is 0.430. The first kappa shape index (κ1) is 23.8. The van der Waals surface area contributed by atoms with Gasteiger partial charge in [-0.05, 0) is 55.3 Å². The number of nitrogens with one attached hydrogen (secondary N) is 1. The second-order valence-corrected chi connectivity index (χ2v) is 11.3. The maximum atomic E-state index is 13.2. The lowest BCUT2D eigenvalue weighted by Gasteiger charge is -2.20. The van der Waals surface area contributed by atoms with E-state index in [-0.39, 0.29) is 15.5 Å². The van der Waals surface area contributed by atoms with Gasteiger partial charge in [-0.3, -0.25) is 4.79 Å². The van der Waals surface area contributed by atoms with Crippen LogP contribution in [0.5, 0.6) is 0 Å². The van der Waals surface area contributed by atoms with Gasteiger partial charge in [-0.1, -0.05) is 66.5 Å². The van der Waals surface area contributed by atoms with Crippen LogP contribution in [0, 0.1) is 0 Å². The lowest BCUT2D eigenvalue weighted by molar-refractivity contribution is 0.102. The molecule has 172 valence electrons. The molecular formula is C25H25ClN2O3S2. The molecule has 1 aliphatic heterocycles. The van der Waals surface area contributed by atoms with E-state index in [4.69, 9.17) is 11.6 Å². The molecular weight excluding hydrogens is 476 g/mol. The number of amides is 1. The molecule has 3 aromatic rings. The fourth-order valence-electron chi connectivity index (χ4n) is 3.73. The highest BCUT2D eigenvalue weighted by molar-refractivity contribution is 7.99. The second kappa shape index (κ2) is 10.7. The number of rotatable bonds is 6. The molecule has 1 heterocycles. The van der Waals surface area contributed by atoms with Crippen molar-refractivity contribution < 1.29 is 13.2 Å². The molecule has 5 nitrogen and oxygen atoms in total. The van der Waals surface area contributed by atoms with Crippen molar-refractivity contribution in [1.29, 1.82) is 0 Å². The molecule has 1 amide bonds. The first-order chi connectivity index (χ1) is 15.9. The van der Waals surface area contributed by atoms with E-state index in [1.807, 2.05) is 54.6 Å². The molecule has 1 N–H and O–H groups in total. The summed E-state index contributed by atoms with van der Waals surface area (Å²) in [5.74, 6) is -0.450. The van der Waals surface area contributed by atoms with Crippen LogP contribution >= 0.6 is 23.4 Å². The largest absolute Gasteiger partial charge is 0.321 e. The third-order valence-corrected chi connectivity index (χ3v) is 8.80. The lowest BCUT2D eigenvalue weighted by atomic mass is 10.2. The minimum absolute atomic E-state index is 0.0888.